The van der Waals surface area contributed by atoms with Crippen molar-refractivity contribution in [3.8, 4) is 17.2 Å². The Labute approximate surface area is 315 Å². The minimum Gasteiger partial charge on any atom is -0.504 e. The lowest BCUT2D eigenvalue weighted by Gasteiger charge is -2.63. The second-order valence-corrected chi connectivity index (χ2v) is 15.8. The van der Waals surface area contributed by atoms with Gasteiger partial charge in [0.15, 0.2) is 11.5 Å². The molecule has 3 aliphatic carbocycles. The first kappa shape index (κ1) is 37.3. The van der Waals surface area contributed by atoms with Crippen molar-refractivity contribution in [2.24, 2.45) is 5.92 Å². The first-order valence-electron chi connectivity index (χ1n) is 19.5. The molecule has 0 amide bonds. The third-order valence-electron chi connectivity index (χ3n) is 12.5. The maximum absolute atomic E-state index is 13.0. The number of nitrogens with zero attached hydrogens (tertiary/aromatic N) is 2. The predicted octanol–water partition coefficient (Wildman–Crippen LogP) is 7.08. The Bertz CT molecular complexity index is 1800. The average molecular weight is 749 g/mol. The van der Waals surface area contributed by atoms with Crippen molar-refractivity contribution < 1.29 is 42.3 Å². The molecule has 1 spiro atoms. The molecule has 3 aromatic carbocycles. The fourth-order valence-corrected chi connectivity index (χ4v) is 9.53. The Morgan fingerprint density at radius 2 is 1.76 bits per heavy atom. The van der Waals surface area contributed by atoms with Crippen LogP contribution in [0.2, 0.25) is 0 Å². The number of hydrogen-bond acceptors (Lipinski definition) is 8. The first-order valence-corrected chi connectivity index (χ1v) is 19.5. The molecule has 290 valence electrons. The zero-order chi connectivity index (χ0) is 37.5. The highest BCUT2D eigenvalue weighted by Gasteiger charge is 2.72. The second-order valence-electron chi connectivity index (χ2n) is 15.8. The van der Waals surface area contributed by atoms with E-state index >= 15 is 0 Å². The van der Waals surface area contributed by atoms with Crippen LogP contribution in [-0.4, -0.2) is 97.4 Å². The van der Waals surface area contributed by atoms with E-state index in [1.165, 1.54) is 30.5 Å². The van der Waals surface area contributed by atoms with Crippen molar-refractivity contribution in [1.29, 1.82) is 0 Å². The summed E-state index contributed by atoms with van der Waals surface area (Å²) in [6, 6.07) is 18.4. The number of alkyl halides is 3. The van der Waals surface area contributed by atoms with Crippen LogP contribution in [0.1, 0.15) is 66.9 Å². The van der Waals surface area contributed by atoms with Crippen molar-refractivity contribution in [2.45, 2.75) is 80.4 Å². The van der Waals surface area contributed by atoms with Crippen LogP contribution >= 0.6 is 0 Å². The van der Waals surface area contributed by atoms with Crippen LogP contribution in [0.15, 0.2) is 78.4 Å². The molecule has 5 aliphatic rings. The van der Waals surface area contributed by atoms with Gasteiger partial charge >= 0.3 is 6.18 Å². The van der Waals surface area contributed by atoms with Crippen LogP contribution < -0.4 is 9.47 Å². The fourth-order valence-electron chi connectivity index (χ4n) is 9.53. The highest BCUT2D eigenvalue weighted by Crippen LogP contribution is 2.66. The van der Waals surface area contributed by atoms with Crippen LogP contribution in [0, 0.1) is 5.92 Å². The summed E-state index contributed by atoms with van der Waals surface area (Å²) in [4.78, 5) is 4.70. The minimum atomic E-state index is -4.39. The molecular formula is C43H51F3N2O6. The van der Waals surface area contributed by atoms with Gasteiger partial charge in [-0.1, -0.05) is 42.5 Å². The summed E-state index contributed by atoms with van der Waals surface area (Å²) in [5.41, 5.74) is 2.16. The van der Waals surface area contributed by atoms with Crippen LogP contribution in [0.3, 0.4) is 0 Å². The normalized spacial score (nSPS) is 27.2. The molecule has 3 fully saturated rings. The Balaban J connectivity index is 0.802. The number of aliphatic hydroxyl groups is 1. The minimum absolute atomic E-state index is 0.0567. The van der Waals surface area contributed by atoms with E-state index in [-0.39, 0.29) is 24.0 Å². The molecule has 8 rings (SSSR count). The summed E-state index contributed by atoms with van der Waals surface area (Å²) in [6.07, 6.45) is 3.30. The molecule has 54 heavy (non-hydrogen) atoms. The SMILES string of the molecule is CN(CCOCCOC/C=C1/CC[C@@]2(O)[C@H]3Cc4ccc(O)c5c4[C@@]2(CCN3CC2CC2)C1O5)CCC(Oc1ccc(C(F)(F)F)cc1)c1ccccc1. The zero-order valence-corrected chi connectivity index (χ0v) is 30.9. The van der Waals surface area contributed by atoms with Crippen LogP contribution in [0.5, 0.6) is 17.2 Å². The number of halogens is 3. The Morgan fingerprint density at radius 1 is 0.981 bits per heavy atom. The van der Waals surface area contributed by atoms with Crippen molar-refractivity contribution in [2.75, 3.05) is 59.7 Å². The van der Waals surface area contributed by atoms with E-state index in [0.717, 1.165) is 67.1 Å². The Morgan fingerprint density at radius 3 is 2.52 bits per heavy atom. The third kappa shape index (κ3) is 7.14. The number of likely N-dealkylation sites (tertiary alicyclic amines) is 1. The van der Waals surface area contributed by atoms with E-state index in [1.54, 1.807) is 6.07 Å². The number of piperidine rings is 1. The first-order chi connectivity index (χ1) is 26.1. The fraction of sp³-hybridized carbons (Fsp3) is 0.535. The Kier molecular flexibility index (Phi) is 10.5. The molecule has 3 aromatic rings. The molecule has 0 aromatic heterocycles. The summed E-state index contributed by atoms with van der Waals surface area (Å²) in [5, 5.41) is 23.5. The highest BCUT2D eigenvalue weighted by molar-refractivity contribution is 5.64. The summed E-state index contributed by atoms with van der Waals surface area (Å²) in [5.74, 6) is 1.85. The van der Waals surface area contributed by atoms with Crippen molar-refractivity contribution in [3.63, 3.8) is 0 Å². The van der Waals surface area contributed by atoms with Gasteiger partial charge in [-0.3, -0.25) is 4.90 Å². The summed E-state index contributed by atoms with van der Waals surface area (Å²) in [6.45, 7) is 5.22. The molecule has 8 nitrogen and oxygen atoms in total. The van der Waals surface area contributed by atoms with Gasteiger partial charge < -0.3 is 34.1 Å². The number of ether oxygens (including phenoxy) is 4. The van der Waals surface area contributed by atoms with Crippen LogP contribution in [-0.2, 0) is 27.5 Å². The van der Waals surface area contributed by atoms with Gasteiger partial charge in [0.1, 0.15) is 18.0 Å². The largest absolute Gasteiger partial charge is 0.504 e. The van der Waals surface area contributed by atoms with Gasteiger partial charge in [-0.2, -0.15) is 13.2 Å². The number of phenols is 1. The summed E-state index contributed by atoms with van der Waals surface area (Å²) in [7, 11) is 2.01. The lowest BCUT2D eigenvalue weighted by Crippen LogP contribution is -2.75. The maximum atomic E-state index is 13.0. The molecule has 2 saturated carbocycles. The number of likely N-dealkylation sites (N-methyl/N-ethyl adjacent to an activating group) is 1. The van der Waals surface area contributed by atoms with Gasteiger partial charge in [-0.05, 0) is 105 Å². The molecule has 0 radical (unpaired) electrons. The molecule has 2 bridgehead atoms. The van der Waals surface area contributed by atoms with E-state index < -0.39 is 22.8 Å². The zero-order valence-electron chi connectivity index (χ0n) is 30.9. The third-order valence-corrected chi connectivity index (χ3v) is 12.5. The van der Waals surface area contributed by atoms with Gasteiger partial charge in [-0.15, -0.1) is 0 Å². The number of rotatable bonds is 16. The topological polar surface area (TPSA) is 83.9 Å². The molecule has 2 aliphatic heterocycles. The second kappa shape index (κ2) is 15.1. The summed E-state index contributed by atoms with van der Waals surface area (Å²) < 4.78 is 63.8. The van der Waals surface area contributed by atoms with Gasteiger partial charge in [0, 0.05) is 37.7 Å². The lowest BCUT2D eigenvalue weighted by atomic mass is 9.48. The van der Waals surface area contributed by atoms with Gasteiger partial charge in [0.2, 0.25) is 0 Å². The number of phenolic OH excluding ortho intramolecular Hbond substituents is 1. The van der Waals surface area contributed by atoms with Crippen molar-refractivity contribution in [1.82, 2.24) is 9.80 Å². The van der Waals surface area contributed by atoms with E-state index in [1.807, 2.05) is 43.4 Å². The van der Waals surface area contributed by atoms with Gasteiger partial charge in [0.05, 0.1) is 43.0 Å². The van der Waals surface area contributed by atoms with Crippen molar-refractivity contribution in [3.05, 3.63) is 101 Å². The molecule has 2 N–H and O–H groups in total. The quantitative estimate of drug-likeness (QED) is 0.119. The lowest BCUT2D eigenvalue weighted by molar-refractivity contribution is -0.174. The standard InChI is InChI=1S/C43H51F3N2O6/c1-47(20-16-36(30-5-3-2-4-6-30)53-34-12-10-33(11-13-34)43(44,45)46)22-24-52-26-25-51-23-17-31-15-18-42(50)37-27-32-9-14-35(49)39-38(32)41(42,40(31)54-39)19-21-48(37)28-29-7-8-29/h2-6,9-14,17,29,36-37,40,49-50H,7-8,15-16,18-28H2,1H3/b31-17-/t36?,37-,40?,41+,42-/m1/s1. The van der Waals surface area contributed by atoms with Crippen LogP contribution in [0.25, 0.3) is 0 Å². The van der Waals surface area contributed by atoms with Gasteiger partial charge in [0.25, 0.3) is 0 Å². The average Bonchev–Trinajstić information content (AvgIpc) is 3.91. The highest BCUT2D eigenvalue weighted by atomic mass is 19.4. The smallest absolute Gasteiger partial charge is 0.416 e. The molecular weight excluding hydrogens is 697 g/mol. The maximum Gasteiger partial charge on any atom is 0.416 e. The molecule has 2 heterocycles. The monoisotopic (exact) mass is 748 g/mol. The van der Waals surface area contributed by atoms with Crippen molar-refractivity contribution >= 4 is 0 Å². The molecule has 11 heteroatoms. The van der Waals surface area contributed by atoms with E-state index in [2.05, 4.69) is 15.9 Å². The molecule has 2 unspecified atom stereocenters. The predicted molar refractivity (Wildman–Crippen MR) is 198 cm³/mol. The number of aromatic hydroxyl groups is 1. The number of benzene rings is 3. The Hall–Kier alpha value is -3.61. The summed E-state index contributed by atoms with van der Waals surface area (Å²) >= 11 is 0. The molecule has 5 atom stereocenters. The van der Waals surface area contributed by atoms with E-state index in [0.29, 0.717) is 63.9 Å². The van der Waals surface area contributed by atoms with E-state index in [9.17, 15) is 23.4 Å². The number of hydrogen-bond donors (Lipinski definition) is 2. The van der Waals surface area contributed by atoms with E-state index in [4.69, 9.17) is 18.9 Å². The molecule has 1 saturated heterocycles. The van der Waals surface area contributed by atoms with Crippen LogP contribution in [0.4, 0.5) is 13.2 Å². The van der Waals surface area contributed by atoms with Gasteiger partial charge in [-0.25, -0.2) is 0 Å².